The van der Waals surface area contributed by atoms with Crippen molar-refractivity contribution in [1.29, 1.82) is 0 Å². The van der Waals surface area contributed by atoms with E-state index in [2.05, 4.69) is 0 Å². The molecule has 24 heavy (non-hydrogen) atoms. The highest BCUT2D eigenvalue weighted by atomic mass is 16.5. The van der Waals surface area contributed by atoms with Crippen molar-refractivity contribution < 1.29 is 28.9 Å². The van der Waals surface area contributed by atoms with Gasteiger partial charge in [-0.1, -0.05) is 0 Å². The molecular formula is C17H23NO6. The average Bonchev–Trinajstić information content (AvgIpc) is 2.60. The maximum Gasteiger partial charge on any atom is 0.323 e. The van der Waals surface area contributed by atoms with Gasteiger partial charge < -0.3 is 24.2 Å². The number of hydrogen-bond acceptors (Lipinski definition) is 5. The molecule has 0 spiro atoms. The third kappa shape index (κ3) is 4.86. The lowest BCUT2D eigenvalue weighted by Crippen LogP contribution is -2.43. The SMILES string of the molecule is COc1cc(CN(CC(=O)O)C(=O)C2CCCCO2)cc(OC)c1. The second-order valence-electron chi connectivity index (χ2n) is 5.66. The zero-order chi connectivity index (χ0) is 17.5. The largest absolute Gasteiger partial charge is 0.497 e. The number of amides is 1. The minimum atomic E-state index is -1.06. The van der Waals surface area contributed by atoms with Gasteiger partial charge in [0.2, 0.25) is 0 Å². The number of hydrogen-bond donors (Lipinski definition) is 1. The van der Waals surface area contributed by atoms with Gasteiger partial charge in [-0.15, -0.1) is 0 Å². The van der Waals surface area contributed by atoms with Crippen molar-refractivity contribution in [1.82, 2.24) is 4.90 Å². The quantitative estimate of drug-likeness (QED) is 0.815. The summed E-state index contributed by atoms with van der Waals surface area (Å²) in [5, 5.41) is 9.13. The molecule has 132 valence electrons. The molecule has 1 unspecified atom stereocenters. The minimum Gasteiger partial charge on any atom is -0.497 e. The average molecular weight is 337 g/mol. The van der Waals surface area contributed by atoms with Crippen LogP contribution in [0.4, 0.5) is 0 Å². The smallest absolute Gasteiger partial charge is 0.323 e. The Balaban J connectivity index is 2.18. The van der Waals surface area contributed by atoms with Crippen LogP contribution in [0.1, 0.15) is 24.8 Å². The zero-order valence-electron chi connectivity index (χ0n) is 14.0. The van der Waals surface area contributed by atoms with Crippen LogP contribution in [-0.4, -0.2) is 55.4 Å². The van der Waals surface area contributed by atoms with Crippen LogP contribution in [0.3, 0.4) is 0 Å². The van der Waals surface area contributed by atoms with Crippen LogP contribution in [0.15, 0.2) is 18.2 Å². The lowest BCUT2D eigenvalue weighted by atomic mass is 10.1. The van der Waals surface area contributed by atoms with Gasteiger partial charge in [-0.3, -0.25) is 9.59 Å². The molecule has 1 aromatic carbocycles. The second-order valence-corrected chi connectivity index (χ2v) is 5.66. The van der Waals surface area contributed by atoms with Crippen LogP contribution < -0.4 is 9.47 Å². The minimum absolute atomic E-state index is 0.151. The fraction of sp³-hybridized carbons (Fsp3) is 0.529. The Morgan fingerprint density at radius 3 is 2.38 bits per heavy atom. The Morgan fingerprint density at radius 2 is 1.88 bits per heavy atom. The first-order valence-corrected chi connectivity index (χ1v) is 7.87. The monoisotopic (exact) mass is 337 g/mol. The molecule has 1 fully saturated rings. The molecule has 1 saturated heterocycles. The number of methoxy groups -OCH3 is 2. The van der Waals surface area contributed by atoms with Gasteiger partial charge in [0.25, 0.3) is 5.91 Å². The Labute approximate surface area is 141 Å². The number of carbonyl (C=O) groups excluding carboxylic acids is 1. The van der Waals surface area contributed by atoms with Crippen LogP contribution >= 0.6 is 0 Å². The highest BCUT2D eigenvalue weighted by Crippen LogP contribution is 2.24. The van der Waals surface area contributed by atoms with Gasteiger partial charge in [0.1, 0.15) is 24.1 Å². The molecule has 2 rings (SSSR count). The molecule has 7 nitrogen and oxygen atoms in total. The first-order valence-electron chi connectivity index (χ1n) is 7.87. The molecule has 0 radical (unpaired) electrons. The molecule has 1 heterocycles. The van der Waals surface area contributed by atoms with Gasteiger partial charge in [-0.25, -0.2) is 0 Å². The molecule has 0 aromatic heterocycles. The molecule has 1 N–H and O–H groups in total. The topological polar surface area (TPSA) is 85.3 Å². The third-order valence-electron chi connectivity index (χ3n) is 3.88. The van der Waals surface area contributed by atoms with E-state index in [1.165, 1.54) is 19.1 Å². The van der Waals surface area contributed by atoms with Crippen molar-refractivity contribution >= 4 is 11.9 Å². The Bertz CT molecular complexity index is 560. The number of carbonyl (C=O) groups is 2. The highest BCUT2D eigenvalue weighted by Gasteiger charge is 2.28. The maximum atomic E-state index is 12.6. The number of ether oxygens (including phenoxy) is 3. The van der Waals surface area contributed by atoms with Gasteiger partial charge in [0.15, 0.2) is 0 Å². The predicted octanol–water partition coefficient (Wildman–Crippen LogP) is 1.69. The number of benzene rings is 1. The van der Waals surface area contributed by atoms with Crippen molar-refractivity contribution in [2.45, 2.75) is 31.9 Å². The standard InChI is InChI=1S/C17H23NO6/c1-22-13-7-12(8-14(9-13)23-2)10-18(11-16(19)20)17(21)15-5-3-4-6-24-15/h7-9,15H,3-6,10-11H2,1-2H3,(H,19,20). The first-order chi connectivity index (χ1) is 11.5. The van der Waals surface area contributed by atoms with E-state index in [0.29, 0.717) is 24.5 Å². The first kappa shape index (κ1) is 18.1. The summed E-state index contributed by atoms with van der Waals surface area (Å²) in [7, 11) is 3.07. The van der Waals surface area contributed by atoms with Crippen LogP contribution in [-0.2, 0) is 20.9 Å². The van der Waals surface area contributed by atoms with Crippen molar-refractivity contribution in [3.63, 3.8) is 0 Å². The maximum absolute atomic E-state index is 12.6. The molecule has 1 aliphatic heterocycles. The van der Waals surface area contributed by atoms with E-state index in [1.54, 1.807) is 18.2 Å². The van der Waals surface area contributed by atoms with Gasteiger partial charge in [-0.05, 0) is 37.0 Å². The number of carboxylic acids is 1. The Hall–Kier alpha value is -2.28. The predicted molar refractivity (Wildman–Crippen MR) is 86.2 cm³/mol. The molecule has 7 heteroatoms. The third-order valence-corrected chi connectivity index (χ3v) is 3.88. The molecule has 1 amide bonds. The van der Waals surface area contributed by atoms with Gasteiger partial charge in [0, 0.05) is 19.2 Å². The fourth-order valence-corrected chi connectivity index (χ4v) is 2.69. The summed E-state index contributed by atoms with van der Waals surface area (Å²) in [5.74, 6) is -0.185. The lowest BCUT2D eigenvalue weighted by Gasteiger charge is -2.28. The summed E-state index contributed by atoms with van der Waals surface area (Å²) < 4.78 is 15.9. The van der Waals surface area contributed by atoms with E-state index in [-0.39, 0.29) is 19.0 Å². The van der Waals surface area contributed by atoms with Gasteiger partial charge >= 0.3 is 5.97 Å². The molecule has 1 aromatic rings. The second kappa shape index (κ2) is 8.54. The molecule has 0 bridgehead atoms. The molecule has 0 saturated carbocycles. The number of aliphatic carboxylic acids is 1. The molecule has 1 aliphatic rings. The summed E-state index contributed by atoms with van der Waals surface area (Å²) in [6.07, 6.45) is 1.89. The summed E-state index contributed by atoms with van der Waals surface area (Å²) in [6, 6.07) is 5.23. The lowest BCUT2D eigenvalue weighted by molar-refractivity contribution is -0.153. The number of carboxylic acid groups (broad SMARTS) is 1. The Kier molecular flexibility index (Phi) is 6.43. The van der Waals surface area contributed by atoms with Crippen LogP contribution in [0.25, 0.3) is 0 Å². The fourth-order valence-electron chi connectivity index (χ4n) is 2.69. The van der Waals surface area contributed by atoms with E-state index in [0.717, 1.165) is 18.4 Å². The normalized spacial score (nSPS) is 17.2. The Morgan fingerprint density at radius 1 is 1.21 bits per heavy atom. The van der Waals surface area contributed by atoms with Gasteiger partial charge in [-0.2, -0.15) is 0 Å². The van der Waals surface area contributed by atoms with E-state index in [9.17, 15) is 9.59 Å². The molecule has 1 atom stereocenters. The van der Waals surface area contributed by atoms with Crippen LogP contribution in [0.5, 0.6) is 11.5 Å². The summed E-state index contributed by atoms with van der Waals surface area (Å²) in [4.78, 5) is 25.1. The highest BCUT2D eigenvalue weighted by molar-refractivity contribution is 5.84. The molecular weight excluding hydrogens is 314 g/mol. The van der Waals surface area contributed by atoms with Crippen LogP contribution in [0, 0.1) is 0 Å². The van der Waals surface area contributed by atoms with Crippen molar-refractivity contribution in [3.8, 4) is 11.5 Å². The zero-order valence-corrected chi connectivity index (χ0v) is 14.0. The van der Waals surface area contributed by atoms with Crippen LogP contribution in [0.2, 0.25) is 0 Å². The van der Waals surface area contributed by atoms with E-state index >= 15 is 0 Å². The number of nitrogens with zero attached hydrogens (tertiary/aromatic N) is 1. The van der Waals surface area contributed by atoms with E-state index in [1.807, 2.05) is 0 Å². The van der Waals surface area contributed by atoms with E-state index < -0.39 is 12.1 Å². The number of rotatable bonds is 7. The van der Waals surface area contributed by atoms with Crippen molar-refractivity contribution in [3.05, 3.63) is 23.8 Å². The summed E-state index contributed by atoms with van der Waals surface area (Å²) in [5.41, 5.74) is 0.733. The summed E-state index contributed by atoms with van der Waals surface area (Å²) in [6.45, 7) is 0.307. The van der Waals surface area contributed by atoms with Crippen molar-refractivity contribution in [2.75, 3.05) is 27.4 Å². The van der Waals surface area contributed by atoms with Gasteiger partial charge in [0.05, 0.1) is 14.2 Å². The van der Waals surface area contributed by atoms with E-state index in [4.69, 9.17) is 19.3 Å². The summed E-state index contributed by atoms with van der Waals surface area (Å²) >= 11 is 0. The van der Waals surface area contributed by atoms with Crippen molar-refractivity contribution in [2.24, 2.45) is 0 Å². The molecule has 0 aliphatic carbocycles.